The second-order valence-corrected chi connectivity index (χ2v) is 7.40. The van der Waals surface area contributed by atoms with Gasteiger partial charge < -0.3 is 4.90 Å². The molecular weight excluding hydrogens is 344 g/mol. The molecule has 1 aromatic rings. The highest BCUT2D eigenvalue weighted by Crippen LogP contribution is 2.31. The summed E-state index contributed by atoms with van der Waals surface area (Å²) in [7, 11) is -4.08. The number of hydrogen-bond donors (Lipinski definition) is 1. The molecule has 2 aliphatic heterocycles. The van der Waals surface area contributed by atoms with Crippen LogP contribution in [0.25, 0.3) is 0 Å². The molecule has 2 aliphatic rings. The molecule has 1 aromatic carbocycles. The monoisotopic (exact) mass is 359 g/mol. The summed E-state index contributed by atoms with van der Waals surface area (Å²) in [5.74, 6) is -2.21. The van der Waals surface area contributed by atoms with Crippen molar-refractivity contribution in [1.29, 1.82) is 0 Å². The molecule has 0 saturated carbocycles. The lowest BCUT2D eigenvalue weighted by molar-refractivity contribution is 0.0900. The Morgan fingerprint density at radius 2 is 1.88 bits per heavy atom. The maximum absolute atomic E-state index is 13.4. The SMILES string of the molecule is O=C(N1CC(CS(=O)(=O)O)C1)N1N=CC[C@H]1c1cc(F)cc(F)c1. The van der Waals surface area contributed by atoms with Gasteiger partial charge in [-0.3, -0.25) is 4.55 Å². The van der Waals surface area contributed by atoms with Crippen LogP contribution < -0.4 is 0 Å². The van der Waals surface area contributed by atoms with Crippen molar-refractivity contribution in [3.05, 3.63) is 35.4 Å². The van der Waals surface area contributed by atoms with Gasteiger partial charge in [0.1, 0.15) is 11.6 Å². The molecule has 0 unspecified atom stereocenters. The number of amides is 2. The number of carbonyl (C=O) groups is 1. The third-order valence-electron chi connectivity index (χ3n) is 3.97. The number of hydrogen-bond acceptors (Lipinski definition) is 4. The number of urea groups is 1. The lowest BCUT2D eigenvalue weighted by Crippen LogP contribution is -2.55. The third-order valence-corrected chi connectivity index (χ3v) is 4.86. The summed E-state index contributed by atoms with van der Waals surface area (Å²) in [6.07, 6.45) is 1.82. The zero-order chi connectivity index (χ0) is 17.5. The minimum Gasteiger partial charge on any atom is -0.322 e. The topological polar surface area (TPSA) is 90.3 Å². The number of carbonyl (C=O) groups excluding carboxylic acids is 1. The number of likely N-dealkylation sites (tertiary alicyclic amines) is 1. The van der Waals surface area contributed by atoms with E-state index in [1.165, 1.54) is 11.1 Å². The Morgan fingerprint density at radius 3 is 2.46 bits per heavy atom. The first-order chi connectivity index (χ1) is 11.2. The van der Waals surface area contributed by atoms with Gasteiger partial charge in [0.25, 0.3) is 10.1 Å². The molecule has 0 aromatic heterocycles. The zero-order valence-corrected chi connectivity index (χ0v) is 13.3. The fraction of sp³-hybridized carbons (Fsp3) is 0.429. The lowest BCUT2D eigenvalue weighted by Gasteiger charge is -2.40. The van der Waals surface area contributed by atoms with Gasteiger partial charge in [-0.25, -0.2) is 18.6 Å². The van der Waals surface area contributed by atoms with E-state index < -0.39 is 39.6 Å². The van der Waals surface area contributed by atoms with Crippen molar-refractivity contribution >= 4 is 22.4 Å². The molecule has 0 spiro atoms. The van der Waals surface area contributed by atoms with Crippen LogP contribution in [0.4, 0.5) is 13.6 Å². The molecule has 1 atom stereocenters. The molecule has 7 nitrogen and oxygen atoms in total. The van der Waals surface area contributed by atoms with Gasteiger partial charge in [-0.15, -0.1) is 0 Å². The summed E-state index contributed by atoms with van der Waals surface area (Å²) < 4.78 is 57.2. The van der Waals surface area contributed by atoms with Crippen LogP contribution in [0.1, 0.15) is 18.0 Å². The van der Waals surface area contributed by atoms with Crippen molar-refractivity contribution in [3.63, 3.8) is 0 Å². The van der Waals surface area contributed by atoms with E-state index in [9.17, 15) is 22.0 Å². The van der Waals surface area contributed by atoms with Crippen molar-refractivity contribution in [1.82, 2.24) is 9.91 Å². The minimum absolute atomic E-state index is 0.175. The largest absolute Gasteiger partial charge is 0.341 e. The Bertz CT molecular complexity index is 773. The van der Waals surface area contributed by atoms with Gasteiger partial charge >= 0.3 is 6.03 Å². The van der Waals surface area contributed by atoms with Crippen molar-refractivity contribution < 1.29 is 26.5 Å². The minimum atomic E-state index is -4.08. The smallest absolute Gasteiger partial charge is 0.322 e. The van der Waals surface area contributed by atoms with Gasteiger partial charge in [-0.1, -0.05) is 0 Å². The van der Waals surface area contributed by atoms with Gasteiger partial charge in [0.15, 0.2) is 0 Å². The van der Waals surface area contributed by atoms with E-state index in [0.717, 1.165) is 23.2 Å². The molecular formula is C14H15F2N3O4S. The van der Waals surface area contributed by atoms with Crippen LogP contribution in [0, 0.1) is 17.6 Å². The molecule has 2 amide bonds. The molecule has 3 rings (SSSR count). The van der Waals surface area contributed by atoms with Crippen molar-refractivity contribution in [2.45, 2.75) is 12.5 Å². The van der Waals surface area contributed by atoms with Crippen molar-refractivity contribution in [2.24, 2.45) is 11.0 Å². The van der Waals surface area contributed by atoms with Crippen LogP contribution in [-0.2, 0) is 10.1 Å². The first kappa shape index (κ1) is 16.8. The van der Waals surface area contributed by atoms with Crippen LogP contribution in [0.15, 0.2) is 23.3 Å². The standard InChI is InChI=1S/C14H15F2N3O4S/c15-11-3-10(4-12(16)5-11)13-1-2-17-19(13)14(20)18-6-9(7-18)8-24(21,22)23/h2-5,9,13H,1,6-8H2,(H,21,22,23)/t13-/m0/s1. The van der Waals surface area contributed by atoms with E-state index in [2.05, 4.69) is 5.10 Å². The summed E-state index contributed by atoms with van der Waals surface area (Å²) in [5.41, 5.74) is 0.299. The van der Waals surface area contributed by atoms with Crippen LogP contribution in [0.5, 0.6) is 0 Å². The van der Waals surface area contributed by atoms with Crippen LogP contribution in [0.3, 0.4) is 0 Å². The van der Waals surface area contributed by atoms with Gasteiger partial charge in [0, 0.05) is 37.7 Å². The van der Waals surface area contributed by atoms with E-state index >= 15 is 0 Å². The van der Waals surface area contributed by atoms with Crippen LogP contribution in [0.2, 0.25) is 0 Å². The number of rotatable bonds is 3. The highest BCUT2D eigenvalue weighted by atomic mass is 32.2. The second kappa shape index (κ2) is 6.10. The van der Waals surface area contributed by atoms with E-state index in [-0.39, 0.29) is 19.0 Å². The Morgan fingerprint density at radius 1 is 1.25 bits per heavy atom. The second-order valence-electron chi connectivity index (χ2n) is 5.90. The zero-order valence-electron chi connectivity index (χ0n) is 12.5. The highest BCUT2D eigenvalue weighted by molar-refractivity contribution is 7.85. The fourth-order valence-electron chi connectivity index (χ4n) is 2.92. The van der Waals surface area contributed by atoms with Crippen molar-refractivity contribution in [2.75, 3.05) is 18.8 Å². The van der Waals surface area contributed by atoms with E-state index in [4.69, 9.17) is 4.55 Å². The molecule has 0 radical (unpaired) electrons. The van der Waals surface area contributed by atoms with Crippen LogP contribution in [-0.4, -0.2) is 54.0 Å². The Kier molecular flexibility index (Phi) is 4.26. The number of nitrogens with zero attached hydrogens (tertiary/aromatic N) is 3. The summed E-state index contributed by atoms with van der Waals surface area (Å²) in [4.78, 5) is 13.8. The Balaban J connectivity index is 1.68. The maximum atomic E-state index is 13.4. The summed E-state index contributed by atoms with van der Waals surface area (Å²) in [6, 6.07) is 1.98. The molecule has 2 heterocycles. The number of hydrazone groups is 1. The van der Waals surface area contributed by atoms with E-state index in [0.29, 0.717) is 12.0 Å². The lowest BCUT2D eigenvalue weighted by atomic mass is 10.0. The Hall–Kier alpha value is -2.07. The first-order valence-electron chi connectivity index (χ1n) is 7.24. The predicted molar refractivity (Wildman–Crippen MR) is 80.9 cm³/mol. The fourth-order valence-corrected chi connectivity index (χ4v) is 3.72. The first-order valence-corrected chi connectivity index (χ1v) is 8.85. The third kappa shape index (κ3) is 3.54. The maximum Gasteiger partial charge on any atom is 0.341 e. The molecule has 1 N–H and O–H groups in total. The summed E-state index contributed by atoms with van der Waals surface area (Å²) >= 11 is 0. The average Bonchev–Trinajstić information content (AvgIpc) is 2.89. The quantitative estimate of drug-likeness (QED) is 0.831. The molecule has 1 saturated heterocycles. The number of halogens is 2. The van der Waals surface area contributed by atoms with E-state index in [1.807, 2.05) is 0 Å². The normalized spacial score (nSPS) is 21.2. The van der Waals surface area contributed by atoms with Crippen molar-refractivity contribution in [3.8, 4) is 0 Å². The van der Waals surface area contributed by atoms with E-state index in [1.54, 1.807) is 0 Å². The molecule has 130 valence electrons. The number of benzene rings is 1. The highest BCUT2D eigenvalue weighted by Gasteiger charge is 2.39. The molecule has 0 aliphatic carbocycles. The van der Waals surface area contributed by atoms with Gasteiger partial charge in [-0.05, 0) is 17.7 Å². The van der Waals surface area contributed by atoms with Gasteiger partial charge in [-0.2, -0.15) is 13.5 Å². The van der Waals surface area contributed by atoms with Gasteiger partial charge in [0.05, 0.1) is 11.8 Å². The molecule has 24 heavy (non-hydrogen) atoms. The summed E-state index contributed by atoms with van der Waals surface area (Å²) in [5, 5.41) is 5.10. The van der Waals surface area contributed by atoms with Crippen LogP contribution >= 0.6 is 0 Å². The molecule has 1 fully saturated rings. The average molecular weight is 359 g/mol. The Labute approximate surface area is 137 Å². The predicted octanol–water partition coefficient (Wildman–Crippen LogP) is 1.64. The van der Waals surface area contributed by atoms with Gasteiger partial charge in [0.2, 0.25) is 0 Å². The molecule has 0 bridgehead atoms. The molecule has 10 heteroatoms. The summed E-state index contributed by atoms with van der Waals surface area (Å²) in [6.45, 7) is 0.351.